The lowest BCUT2D eigenvalue weighted by Crippen LogP contribution is -2.22. The second kappa shape index (κ2) is 5.32. The fourth-order valence-corrected chi connectivity index (χ4v) is 1.87. The monoisotopic (exact) mass is 230 g/mol. The van der Waals surface area contributed by atoms with Crippen LogP contribution in [0.4, 0.5) is 0 Å². The molecule has 1 N–H and O–H groups in total. The molecule has 0 saturated carbocycles. The van der Waals surface area contributed by atoms with Crippen molar-refractivity contribution in [1.29, 1.82) is 0 Å². The number of phosphoric ester groups is 1. The van der Waals surface area contributed by atoms with Crippen molar-refractivity contribution in [3.63, 3.8) is 0 Å². The highest BCUT2D eigenvalue weighted by Gasteiger charge is 2.30. The van der Waals surface area contributed by atoms with Crippen molar-refractivity contribution >= 4 is 19.4 Å². The summed E-state index contributed by atoms with van der Waals surface area (Å²) in [6, 6.07) is 0. The van der Waals surface area contributed by atoms with Crippen LogP contribution in [0.2, 0.25) is 0 Å². The van der Waals surface area contributed by atoms with Gasteiger partial charge in [-0.05, 0) is 20.3 Å². The van der Waals surface area contributed by atoms with Crippen molar-refractivity contribution < 1.29 is 18.5 Å². The summed E-state index contributed by atoms with van der Waals surface area (Å²) in [5, 5.41) is 0. The number of halogens is 1. The second-order valence-electron chi connectivity index (χ2n) is 3.20. The number of alkyl halides is 1. The van der Waals surface area contributed by atoms with Gasteiger partial charge in [0.05, 0.1) is 12.2 Å². The molecule has 0 saturated heterocycles. The van der Waals surface area contributed by atoms with Crippen LogP contribution in [0.5, 0.6) is 0 Å². The zero-order chi connectivity index (χ0) is 10.5. The van der Waals surface area contributed by atoms with Gasteiger partial charge in [0.1, 0.15) is 0 Å². The van der Waals surface area contributed by atoms with Crippen LogP contribution in [0.15, 0.2) is 0 Å². The standard InChI is InChI=1S/C7H16ClO4P/c1-4-7(2,3)12-13(9,10)11-6-5-8/h4-6H2,1-3H3,(H,9,10). The van der Waals surface area contributed by atoms with E-state index >= 15 is 0 Å². The molecule has 6 heteroatoms. The van der Waals surface area contributed by atoms with Crippen LogP contribution in [0, 0.1) is 0 Å². The van der Waals surface area contributed by atoms with Gasteiger partial charge in [-0.2, -0.15) is 0 Å². The third-order valence-corrected chi connectivity index (χ3v) is 2.93. The van der Waals surface area contributed by atoms with Gasteiger partial charge in [-0.15, -0.1) is 11.6 Å². The van der Waals surface area contributed by atoms with Crippen molar-refractivity contribution in [2.45, 2.75) is 32.8 Å². The topological polar surface area (TPSA) is 55.8 Å². The van der Waals surface area contributed by atoms with Crippen LogP contribution in [0.1, 0.15) is 27.2 Å². The van der Waals surface area contributed by atoms with E-state index in [0.29, 0.717) is 6.42 Å². The van der Waals surface area contributed by atoms with Gasteiger partial charge in [0.25, 0.3) is 0 Å². The first-order chi connectivity index (χ1) is 5.83. The van der Waals surface area contributed by atoms with Crippen molar-refractivity contribution in [2.24, 2.45) is 0 Å². The largest absolute Gasteiger partial charge is 0.472 e. The van der Waals surface area contributed by atoms with Crippen LogP contribution in [-0.4, -0.2) is 23.0 Å². The number of hydrogen-bond donors (Lipinski definition) is 1. The summed E-state index contributed by atoms with van der Waals surface area (Å²) in [6.45, 7) is 5.32. The second-order valence-corrected chi connectivity index (χ2v) is 4.95. The third-order valence-electron chi connectivity index (χ3n) is 1.55. The average Bonchev–Trinajstić information content (AvgIpc) is 1.99. The molecule has 0 radical (unpaired) electrons. The molecule has 4 nitrogen and oxygen atoms in total. The van der Waals surface area contributed by atoms with Crippen LogP contribution >= 0.6 is 19.4 Å². The normalized spacial score (nSPS) is 17.0. The fraction of sp³-hybridized carbons (Fsp3) is 1.00. The highest BCUT2D eigenvalue weighted by molar-refractivity contribution is 7.47. The molecule has 0 bridgehead atoms. The third kappa shape index (κ3) is 6.47. The lowest BCUT2D eigenvalue weighted by Gasteiger charge is -2.25. The molecule has 80 valence electrons. The Hall–Kier alpha value is 0.400. The van der Waals surface area contributed by atoms with E-state index in [1.165, 1.54) is 0 Å². The first-order valence-electron chi connectivity index (χ1n) is 4.07. The Kier molecular flexibility index (Phi) is 5.49. The first-order valence-corrected chi connectivity index (χ1v) is 6.10. The highest BCUT2D eigenvalue weighted by atomic mass is 35.5. The summed E-state index contributed by atoms with van der Waals surface area (Å²) in [4.78, 5) is 9.16. The Morgan fingerprint density at radius 3 is 2.46 bits per heavy atom. The van der Waals surface area contributed by atoms with Crippen LogP contribution in [0.3, 0.4) is 0 Å². The van der Waals surface area contributed by atoms with Crippen molar-refractivity contribution in [3.8, 4) is 0 Å². The molecule has 0 aliphatic heterocycles. The smallest absolute Gasteiger partial charge is 0.302 e. The Morgan fingerprint density at radius 1 is 1.54 bits per heavy atom. The molecule has 13 heavy (non-hydrogen) atoms. The molecule has 1 unspecified atom stereocenters. The molecular formula is C7H16ClO4P. The lowest BCUT2D eigenvalue weighted by molar-refractivity contribution is 0.0480. The summed E-state index contributed by atoms with van der Waals surface area (Å²) in [6.07, 6.45) is 0.627. The van der Waals surface area contributed by atoms with E-state index in [2.05, 4.69) is 4.52 Å². The minimum Gasteiger partial charge on any atom is -0.302 e. The maximum atomic E-state index is 11.2. The van der Waals surface area contributed by atoms with Gasteiger partial charge in [-0.25, -0.2) is 4.57 Å². The molecule has 0 spiro atoms. The van der Waals surface area contributed by atoms with E-state index in [0.717, 1.165) is 0 Å². The van der Waals surface area contributed by atoms with Gasteiger partial charge < -0.3 is 4.89 Å². The maximum absolute atomic E-state index is 11.2. The van der Waals surface area contributed by atoms with E-state index in [4.69, 9.17) is 21.0 Å². The number of hydrogen-bond acceptors (Lipinski definition) is 3. The molecule has 0 aromatic carbocycles. The molecule has 0 aromatic heterocycles. The Bertz CT molecular complexity index is 195. The minimum absolute atomic E-state index is 0.00906. The van der Waals surface area contributed by atoms with Crippen LogP contribution in [0.25, 0.3) is 0 Å². The molecule has 0 aliphatic rings. The highest BCUT2D eigenvalue weighted by Crippen LogP contribution is 2.47. The van der Waals surface area contributed by atoms with E-state index in [1.54, 1.807) is 13.8 Å². The van der Waals surface area contributed by atoms with Gasteiger partial charge >= 0.3 is 7.82 Å². The molecule has 0 aliphatic carbocycles. The molecule has 0 fully saturated rings. The molecule has 0 aromatic rings. The predicted octanol–water partition coefficient (Wildman–Crippen LogP) is 2.55. The summed E-state index contributed by atoms with van der Waals surface area (Å²) in [5.74, 6) is 0.167. The van der Waals surface area contributed by atoms with Crippen LogP contribution < -0.4 is 0 Å². The van der Waals surface area contributed by atoms with Crippen molar-refractivity contribution in [1.82, 2.24) is 0 Å². The lowest BCUT2D eigenvalue weighted by atomic mass is 10.1. The number of phosphoric acid groups is 1. The quantitative estimate of drug-likeness (QED) is 0.563. The average molecular weight is 231 g/mol. The molecule has 0 heterocycles. The fourth-order valence-electron chi connectivity index (χ4n) is 0.553. The predicted molar refractivity (Wildman–Crippen MR) is 52.0 cm³/mol. The summed E-state index contributed by atoms with van der Waals surface area (Å²) in [5.41, 5.74) is -0.656. The summed E-state index contributed by atoms with van der Waals surface area (Å²) < 4.78 is 20.7. The van der Waals surface area contributed by atoms with Crippen LogP contribution in [-0.2, 0) is 13.6 Å². The van der Waals surface area contributed by atoms with Gasteiger partial charge in [-0.1, -0.05) is 6.92 Å². The molecule has 1 atom stereocenters. The number of rotatable bonds is 6. The van der Waals surface area contributed by atoms with Gasteiger partial charge in [0, 0.05) is 5.88 Å². The summed E-state index contributed by atoms with van der Waals surface area (Å²) >= 11 is 5.30. The van der Waals surface area contributed by atoms with Crippen molar-refractivity contribution in [3.05, 3.63) is 0 Å². The van der Waals surface area contributed by atoms with Gasteiger partial charge in [-0.3, -0.25) is 9.05 Å². The van der Waals surface area contributed by atoms with E-state index < -0.39 is 13.4 Å². The van der Waals surface area contributed by atoms with Crippen molar-refractivity contribution in [2.75, 3.05) is 12.5 Å². The molecular weight excluding hydrogens is 214 g/mol. The maximum Gasteiger partial charge on any atom is 0.472 e. The van der Waals surface area contributed by atoms with E-state index in [1.807, 2.05) is 6.92 Å². The molecule has 0 rings (SSSR count). The Morgan fingerprint density at radius 2 is 2.08 bits per heavy atom. The minimum atomic E-state index is -3.93. The Labute approximate surface area is 83.8 Å². The van der Waals surface area contributed by atoms with Gasteiger partial charge in [0.15, 0.2) is 0 Å². The molecule has 0 amide bonds. The van der Waals surface area contributed by atoms with Gasteiger partial charge in [0.2, 0.25) is 0 Å². The van der Waals surface area contributed by atoms with E-state index in [-0.39, 0.29) is 12.5 Å². The first kappa shape index (κ1) is 13.4. The Balaban J connectivity index is 4.08. The van der Waals surface area contributed by atoms with E-state index in [9.17, 15) is 4.57 Å². The zero-order valence-corrected chi connectivity index (χ0v) is 9.77. The zero-order valence-electron chi connectivity index (χ0n) is 8.12. The SMILES string of the molecule is CCC(C)(C)OP(=O)(O)OCCCl. The summed E-state index contributed by atoms with van der Waals surface area (Å²) in [7, 11) is -3.93.